The van der Waals surface area contributed by atoms with Crippen LogP contribution in [0.25, 0.3) is 0 Å². The van der Waals surface area contributed by atoms with Crippen LogP contribution in [0.5, 0.6) is 17.5 Å². The highest BCUT2D eigenvalue weighted by atomic mass is 32.1. The zero-order valence-electron chi connectivity index (χ0n) is 18.2. The third-order valence-electron chi connectivity index (χ3n) is 4.00. The molecule has 0 saturated heterocycles. The summed E-state index contributed by atoms with van der Waals surface area (Å²) in [6.45, 7) is 5.48. The highest BCUT2D eigenvalue weighted by molar-refractivity contribution is 7.13. The first-order valence-corrected chi connectivity index (χ1v) is 10.7. The third kappa shape index (κ3) is 6.76. The molecule has 2 heterocycles. The summed E-state index contributed by atoms with van der Waals surface area (Å²) in [4.78, 5) is 32.6. The lowest BCUT2D eigenvalue weighted by Gasteiger charge is -2.15. The average Bonchev–Trinajstić information content (AvgIpc) is 3.13. The topological polar surface area (TPSA) is 112 Å². The number of nitrogens with one attached hydrogen (secondary N) is 2. The van der Waals surface area contributed by atoms with E-state index in [0.717, 1.165) is 5.69 Å². The number of ether oxygens (including phenoxy) is 3. The Hall–Kier alpha value is -3.50. The van der Waals surface area contributed by atoms with Crippen molar-refractivity contribution in [1.29, 1.82) is 0 Å². The number of carbonyl (C=O) groups is 2. The van der Waals surface area contributed by atoms with Crippen molar-refractivity contribution in [2.24, 2.45) is 0 Å². The number of aromatic nitrogens is 2. The summed E-state index contributed by atoms with van der Waals surface area (Å²) in [7, 11) is 1.58. The fraction of sp³-hybridized carbons (Fsp3) is 0.273. The largest absolute Gasteiger partial charge is 0.472 e. The number of hydrogen-bond acceptors (Lipinski definition) is 8. The van der Waals surface area contributed by atoms with E-state index in [9.17, 15) is 9.59 Å². The van der Waals surface area contributed by atoms with E-state index in [2.05, 4.69) is 20.6 Å². The molecule has 0 bridgehead atoms. The van der Waals surface area contributed by atoms with Gasteiger partial charge in [-0.15, -0.1) is 11.3 Å². The van der Waals surface area contributed by atoms with Gasteiger partial charge in [0.05, 0.1) is 17.9 Å². The number of methoxy groups -OCH3 is 1. The van der Waals surface area contributed by atoms with E-state index in [-0.39, 0.29) is 29.7 Å². The van der Waals surface area contributed by atoms with E-state index in [1.54, 1.807) is 31.4 Å². The van der Waals surface area contributed by atoms with Crippen molar-refractivity contribution >= 4 is 34.0 Å². The molecule has 9 nitrogen and oxygen atoms in total. The maximum absolute atomic E-state index is 12.8. The van der Waals surface area contributed by atoms with E-state index in [1.807, 2.05) is 19.2 Å². The molecule has 2 amide bonds. The average molecular weight is 457 g/mol. The van der Waals surface area contributed by atoms with Crippen molar-refractivity contribution in [3.05, 3.63) is 53.0 Å². The van der Waals surface area contributed by atoms with Crippen molar-refractivity contribution < 1.29 is 23.8 Å². The molecule has 1 atom stereocenters. The van der Waals surface area contributed by atoms with Crippen LogP contribution in [0, 0.1) is 6.92 Å². The van der Waals surface area contributed by atoms with Crippen LogP contribution in [0.4, 0.5) is 10.8 Å². The summed E-state index contributed by atoms with van der Waals surface area (Å²) < 4.78 is 16.7. The molecular weight excluding hydrogens is 432 g/mol. The smallest absolute Gasteiger partial charge is 0.257 e. The molecule has 0 radical (unpaired) electrons. The van der Waals surface area contributed by atoms with E-state index in [0.29, 0.717) is 28.7 Å². The second-order valence-corrected chi connectivity index (χ2v) is 7.83. The lowest BCUT2D eigenvalue weighted by atomic mass is 10.2. The molecule has 0 saturated carbocycles. The fourth-order valence-corrected chi connectivity index (χ4v) is 3.39. The number of hydrogen-bond donors (Lipinski definition) is 2. The number of aryl methyl sites for hydroxylation is 1. The van der Waals surface area contributed by atoms with Gasteiger partial charge in [0.25, 0.3) is 5.91 Å². The molecule has 0 fully saturated rings. The van der Waals surface area contributed by atoms with Crippen molar-refractivity contribution in [2.45, 2.75) is 26.9 Å². The number of pyridine rings is 1. The van der Waals surface area contributed by atoms with Crippen molar-refractivity contribution in [3.8, 4) is 17.5 Å². The highest BCUT2D eigenvalue weighted by Gasteiger charge is 2.15. The molecule has 0 aliphatic heterocycles. The molecular formula is C22H24N4O5S. The molecule has 1 aromatic carbocycles. The standard InChI is InChI=1S/C22H24N4O5S/c1-13-12-32-22(23-13)26-21(28)16-9-19(30-14(2)11-29-4)25-20(10-16)31-18-7-5-17(6-8-18)24-15(3)27/h5-10,12,14H,11H2,1-4H3,(H,24,27)(H,23,26,28)/t14-/m1/s1. The van der Waals surface area contributed by atoms with Gasteiger partial charge in [0.15, 0.2) is 5.13 Å². The van der Waals surface area contributed by atoms with E-state index in [1.165, 1.54) is 30.4 Å². The van der Waals surface area contributed by atoms with Crippen LogP contribution in [-0.2, 0) is 9.53 Å². The summed E-state index contributed by atoms with van der Waals surface area (Å²) >= 11 is 1.34. The van der Waals surface area contributed by atoms with Gasteiger partial charge in [-0.05, 0) is 38.1 Å². The summed E-state index contributed by atoms with van der Waals surface area (Å²) in [6, 6.07) is 9.84. The molecule has 2 N–H and O–H groups in total. The molecule has 168 valence electrons. The van der Waals surface area contributed by atoms with Gasteiger partial charge < -0.3 is 19.5 Å². The third-order valence-corrected chi connectivity index (χ3v) is 4.88. The van der Waals surface area contributed by atoms with Crippen molar-refractivity contribution in [3.63, 3.8) is 0 Å². The number of anilines is 2. The van der Waals surface area contributed by atoms with Crippen LogP contribution in [0.2, 0.25) is 0 Å². The van der Waals surface area contributed by atoms with Crippen LogP contribution in [0.15, 0.2) is 41.8 Å². The zero-order chi connectivity index (χ0) is 23.1. The minimum Gasteiger partial charge on any atom is -0.472 e. The SMILES string of the molecule is COC[C@@H](C)Oc1cc(C(=O)Nc2nc(C)cs2)cc(Oc2ccc(NC(C)=O)cc2)n1. The van der Waals surface area contributed by atoms with Gasteiger partial charge in [-0.1, -0.05) is 0 Å². The highest BCUT2D eigenvalue weighted by Crippen LogP contribution is 2.26. The summed E-state index contributed by atoms with van der Waals surface area (Å²) in [6.07, 6.45) is -0.280. The van der Waals surface area contributed by atoms with Crippen LogP contribution in [0.1, 0.15) is 29.9 Å². The molecule has 0 aliphatic carbocycles. The van der Waals surface area contributed by atoms with E-state index < -0.39 is 0 Å². The minimum absolute atomic E-state index is 0.165. The van der Waals surface area contributed by atoms with Gasteiger partial charge in [-0.25, -0.2) is 4.98 Å². The predicted molar refractivity (Wildman–Crippen MR) is 122 cm³/mol. The van der Waals surface area contributed by atoms with Crippen molar-refractivity contribution in [2.75, 3.05) is 24.4 Å². The van der Waals surface area contributed by atoms with Crippen LogP contribution < -0.4 is 20.1 Å². The number of amides is 2. The normalized spacial score (nSPS) is 11.5. The number of rotatable bonds is 9. The quantitative estimate of drug-likeness (QED) is 0.495. The van der Waals surface area contributed by atoms with Crippen LogP contribution in [0.3, 0.4) is 0 Å². The van der Waals surface area contributed by atoms with Gasteiger partial charge in [0.2, 0.25) is 17.7 Å². The van der Waals surface area contributed by atoms with Crippen LogP contribution >= 0.6 is 11.3 Å². The Morgan fingerprint density at radius 3 is 2.44 bits per heavy atom. The van der Waals surface area contributed by atoms with Gasteiger partial charge >= 0.3 is 0 Å². The van der Waals surface area contributed by atoms with Crippen LogP contribution in [-0.4, -0.2) is 41.6 Å². The maximum Gasteiger partial charge on any atom is 0.257 e. The number of carbonyl (C=O) groups excluding carboxylic acids is 2. The van der Waals surface area contributed by atoms with E-state index >= 15 is 0 Å². The Morgan fingerprint density at radius 2 is 1.81 bits per heavy atom. The Morgan fingerprint density at radius 1 is 1.09 bits per heavy atom. The zero-order valence-corrected chi connectivity index (χ0v) is 19.0. The lowest BCUT2D eigenvalue weighted by molar-refractivity contribution is -0.114. The van der Waals surface area contributed by atoms with Gasteiger partial charge in [0.1, 0.15) is 11.9 Å². The Balaban J connectivity index is 1.83. The molecule has 2 aromatic heterocycles. The molecule has 10 heteroatoms. The molecule has 0 unspecified atom stereocenters. The first kappa shape index (κ1) is 23.2. The Labute approximate surface area is 189 Å². The summed E-state index contributed by atoms with van der Waals surface area (Å²) in [5.41, 5.74) is 1.77. The monoisotopic (exact) mass is 456 g/mol. The minimum atomic E-state index is -0.364. The summed E-state index contributed by atoms with van der Waals surface area (Å²) in [5, 5.41) is 7.80. The maximum atomic E-state index is 12.8. The van der Waals surface area contributed by atoms with Gasteiger partial charge in [-0.3, -0.25) is 14.9 Å². The molecule has 3 aromatic rings. The number of benzene rings is 1. The fourth-order valence-electron chi connectivity index (χ4n) is 2.71. The molecule has 32 heavy (non-hydrogen) atoms. The second kappa shape index (κ2) is 10.7. The van der Waals surface area contributed by atoms with Crippen molar-refractivity contribution in [1.82, 2.24) is 9.97 Å². The van der Waals surface area contributed by atoms with E-state index in [4.69, 9.17) is 14.2 Å². The Bertz CT molecular complexity index is 1080. The first-order valence-electron chi connectivity index (χ1n) is 9.79. The molecule has 0 aliphatic rings. The molecule has 0 spiro atoms. The molecule has 3 rings (SSSR count). The van der Waals surface area contributed by atoms with Gasteiger partial charge in [0, 0.05) is 37.2 Å². The number of nitrogens with zero attached hydrogens (tertiary/aromatic N) is 2. The number of thiazole rings is 1. The summed E-state index contributed by atoms with van der Waals surface area (Å²) in [5.74, 6) is 0.358. The second-order valence-electron chi connectivity index (χ2n) is 6.97. The predicted octanol–water partition coefficient (Wildman–Crippen LogP) is 4.26. The Kier molecular flexibility index (Phi) is 7.74. The lowest BCUT2D eigenvalue weighted by Crippen LogP contribution is -2.19. The first-order chi connectivity index (χ1) is 15.3. The van der Waals surface area contributed by atoms with Gasteiger partial charge in [-0.2, -0.15) is 4.98 Å².